The quantitative estimate of drug-likeness (QED) is 0.726. The maximum Gasteiger partial charge on any atom is 0.149 e. The minimum absolute atomic E-state index is 0.0687. The van der Waals surface area contributed by atoms with E-state index in [1.807, 2.05) is 28.8 Å². The number of hydrogen-bond donors (Lipinski definition) is 1. The van der Waals surface area contributed by atoms with Gasteiger partial charge in [0.1, 0.15) is 17.5 Å². The minimum atomic E-state index is -0.745. The highest BCUT2D eigenvalue weighted by Crippen LogP contribution is 2.42. The Balaban J connectivity index is 2.02. The molecule has 2 N–H and O–H groups in total. The smallest absolute Gasteiger partial charge is 0.149 e. The molecule has 1 fully saturated rings. The summed E-state index contributed by atoms with van der Waals surface area (Å²) >= 11 is 0. The van der Waals surface area contributed by atoms with E-state index in [0.717, 1.165) is 29.9 Å². The third kappa shape index (κ3) is 1.88. The fraction of sp³-hybridized carbons (Fsp3) is 0.188. The topological polar surface area (TPSA) is 43.8 Å². The molecule has 1 aliphatic rings. The standard InChI is InChI=1S/C16H13F2N3/c17-11-8-12(18)13(19)7-10(11)16-20-14-3-1-2-4-15(14)21(16)9-5-6-9/h1-4,7-9H,5-6,19H2. The Morgan fingerprint density at radius 1 is 1.10 bits per heavy atom. The molecule has 0 bridgehead atoms. The van der Waals surface area contributed by atoms with E-state index in [4.69, 9.17) is 5.73 Å². The van der Waals surface area contributed by atoms with Crippen molar-refractivity contribution in [2.45, 2.75) is 18.9 Å². The van der Waals surface area contributed by atoms with Crippen LogP contribution >= 0.6 is 0 Å². The van der Waals surface area contributed by atoms with Crippen LogP contribution in [-0.4, -0.2) is 9.55 Å². The SMILES string of the molecule is Nc1cc(-c2nc3ccccc3n2C2CC2)c(F)cc1F. The number of hydrogen-bond acceptors (Lipinski definition) is 2. The van der Waals surface area contributed by atoms with Crippen molar-refractivity contribution in [1.82, 2.24) is 9.55 Å². The molecule has 0 saturated heterocycles. The maximum absolute atomic E-state index is 14.2. The van der Waals surface area contributed by atoms with Crippen LogP contribution in [0.2, 0.25) is 0 Å². The van der Waals surface area contributed by atoms with Crippen LogP contribution in [0.4, 0.5) is 14.5 Å². The van der Waals surface area contributed by atoms with E-state index in [1.54, 1.807) is 0 Å². The number of imidazole rings is 1. The first kappa shape index (κ1) is 12.3. The molecule has 1 saturated carbocycles. The van der Waals surface area contributed by atoms with Crippen LogP contribution < -0.4 is 5.73 Å². The molecule has 1 aromatic heterocycles. The highest BCUT2D eigenvalue weighted by atomic mass is 19.1. The lowest BCUT2D eigenvalue weighted by Gasteiger charge is -2.09. The van der Waals surface area contributed by atoms with E-state index < -0.39 is 11.6 Å². The van der Waals surface area contributed by atoms with Gasteiger partial charge < -0.3 is 10.3 Å². The van der Waals surface area contributed by atoms with Crippen LogP contribution in [0.1, 0.15) is 18.9 Å². The average molecular weight is 285 g/mol. The van der Waals surface area contributed by atoms with E-state index in [0.29, 0.717) is 11.9 Å². The first-order chi connectivity index (χ1) is 10.1. The second kappa shape index (κ2) is 4.28. The molecule has 0 unspecified atom stereocenters. The summed E-state index contributed by atoms with van der Waals surface area (Å²) in [7, 11) is 0. The lowest BCUT2D eigenvalue weighted by molar-refractivity contribution is 0.586. The molecule has 0 aliphatic heterocycles. The largest absolute Gasteiger partial charge is 0.396 e. The van der Waals surface area contributed by atoms with Crippen molar-refractivity contribution in [2.75, 3.05) is 5.73 Å². The first-order valence-corrected chi connectivity index (χ1v) is 6.87. The Hall–Kier alpha value is -2.43. The molecule has 4 rings (SSSR count). The molecule has 5 heteroatoms. The first-order valence-electron chi connectivity index (χ1n) is 6.87. The molecule has 0 spiro atoms. The summed E-state index contributed by atoms with van der Waals surface area (Å²) in [5.41, 5.74) is 7.54. The summed E-state index contributed by atoms with van der Waals surface area (Å²) in [6, 6.07) is 10.2. The lowest BCUT2D eigenvalue weighted by Crippen LogP contribution is -2.01. The predicted octanol–water partition coefficient (Wildman–Crippen LogP) is 3.90. The molecule has 3 aromatic rings. The summed E-state index contributed by atoms with van der Waals surface area (Å²) in [5.74, 6) is -0.868. The van der Waals surface area contributed by atoms with Crippen molar-refractivity contribution in [3.63, 3.8) is 0 Å². The van der Waals surface area contributed by atoms with Crippen LogP contribution in [0.25, 0.3) is 22.4 Å². The number of nitrogen functional groups attached to an aromatic ring is 1. The Morgan fingerprint density at radius 2 is 1.86 bits per heavy atom. The maximum atomic E-state index is 14.2. The van der Waals surface area contributed by atoms with Gasteiger partial charge in [0.05, 0.1) is 22.3 Å². The summed E-state index contributed by atoms with van der Waals surface area (Å²) < 4.78 is 29.6. The molecule has 2 aromatic carbocycles. The van der Waals surface area contributed by atoms with Crippen molar-refractivity contribution < 1.29 is 8.78 Å². The van der Waals surface area contributed by atoms with Crippen LogP contribution in [0.15, 0.2) is 36.4 Å². The van der Waals surface area contributed by atoms with Gasteiger partial charge in [-0.2, -0.15) is 0 Å². The molecule has 0 radical (unpaired) electrons. The number of fused-ring (bicyclic) bond motifs is 1. The van der Waals surface area contributed by atoms with Crippen LogP contribution in [-0.2, 0) is 0 Å². The fourth-order valence-electron chi connectivity index (χ4n) is 2.67. The highest BCUT2D eigenvalue weighted by Gasteiger charge is 2.29. The zero-order chi connectivity index (χ0) is 14.6. The Kier molecular flexibility index (Phi) is 2.51. The number of nitrogens with zero attached hydrogens (tertiary/aromatic N) is 2. The van der Waals surface area contributed by atoms with Crippen molar-refractivity contribution in [2.24, 2.45) is 0 Å². The van der Waals surface area contributed by atoms with Crippen LogP contribution in [0.5, 0.6) is 0 Å². The second-order valence-corrected chi connectivity index (χ2v) is 5.38. The van der Waals surface area contributed by atoms with E-state index in [9.17, 15) is 8.78 Å². The third-order valence-electron chi connectivity index (χ3n) is 3.84. The summed E-state index contributed by atoms with van der Waals surface area (Å²) in [6.45, 7) is 0. The van der Waals surface area contributed by atoms with E-state index in [2.05, 4.69) is 4.98 Å². The van der Waals surface area contributed by atoms with Gasteiger partial charge in [0.15, 0.2) is 0 Å². The monoisotopic (exact) mass is 285 g/mol. The number of nitrogens with two attached hydrogens (primary N) is 1. The average Bonchev–Trinajstić information content (AvgIpc) is 3.23. The molecule has 21 heavy (non-hydrogen) atoms. The Bertz CT molecular complexity index is 850. The summed E-state index contributed by atoms with van der Waals surface area (Å²) in [5, 5.41) is 0. The van der Waals surface area contributed by atoms with Crippen molar-refractivity contribution >= 4 is 16.7 Å². The normalized spacial score (nSPS) is 14.8. The molecule has 3 nitrogen and oxygen atoms in total. The van der Waals surface area contributed by atoms with Gasteiger partial charge in [-0.1, -0.05) is 12.1 Å². The number of benzene rings is 2. The van der Waals surface area contributed by atoms with Crippen molar-refractivity contribution in [3.8, 4) is 11.4 Å². The van der Waals surface area contributed by atoms with Gasteiger partial charge in [-0.25, -0.2) is 13.8 Å². The summed E-state index contributed by atoms with van der Waals surface area (Å²) in [6.07, 6.45) is 2.09. The van der Waals surface area contributed by atoms with Gasteiger partial charge in [0.25, 0.3) is 0 Å². The lowest BCUT2D eigenvalue weighted by atomic mass is 10.1. The van der Waals surface area contributed by atoms with Gasteiger partial charge in [0.2, 0.25) is 0 Å². The Labute approximate surface area is 120 Å². The molecule has 0 atom stereocenters. The van der Waals surface area contributed by atoms with Gasteiger partial charge in [0, 0.05) is 12.1 Å². The number of aromatic nitrogens is 2. The van der Waals surface area contributed by atoms with Crippen LogP contribution in [0, 0.1) is 11.6 Å². The number of halogens is 2. The van der Waals surface area contributed by atoms with Gasteiger partial charge in [-0.05, 0) is 31.0 Å². The third-order valence-corrected chi connectivity index (χ3v) is 3.84. The molecule has 1 heterocycles. The number of rotatable bonds is 2. The second-order valence-electron chi connectivity index (χ2n) is 5.38. The van der Waals surface area contributed by atoms with Gasteiger partial charge in [-0.3, -0.25) is 0 Å². The molecule has 106 valence electrons. The molecule has 1 aliphatic carbocycles. The minimum Gasteiger partial charge on any atom is -0.396 e. The van der Waals surface area contributed by atoms with Gasteiger partial charge in [-0.15, -0.1) is 0 Å². The van der Waals surface area contributed by atoms with Gasteiger partial charge >= 0.3 is 0 Å². The van der Waals surface area contributed by atoms with E-state index in [1.165, 1.54) is 6.07 Å². The van der Waals surface area contributed by atoms with E-state index in [-0.39, 0.29) is 11.3 Å². The molecular formula is C16H13F2N3. The summed E-state index contributed by atoms with van der Waals surface area (Å²) in [4.78, 5) is 4.52. The van der Waals surface area contributed by atoms with E-state index >= 15 is 0 Å². The zero-order valence-electron chi connectivity index (χ0n) is 11.2. The highest BCUT2D eigenvalue weighted by molar-refractivity contribution is 5.81. The van der Waals surface area contributed by atoms with Crippen LogP contribution in [0.3, 0.4) is 0 Å². The molecule has 0 amide bonds. The van der Waals surface area contributed by atoms with Crippen molar-refractivity contribution in [3.05, 3.63) is 48.0 Å². The fourth-order valence-corrected chi connectivity index (χ4v) is 2.67. The number of para-hydroxylation sites is 2. The predicted molar refractivity (Wildman–Crippen MR) is 77.8 cm³/mol. The number of anilines is 1. The zero-order valence-corrected chi connectivity index (χ0v) is 11.2. The Morgan fingerprint density at radius 3 is 2.62 bits per heavy atom. The molecular weight excluding hydrogens is 272 g/mol. The van der Waals surface area contributed by atoms with Crippen molar-refractivity contribution in [1.29, 1.82) is 0 Å².